The molecule has 2 aromatic rings. The molecule has 0 bridgehead atoms. The van der Waals surface area contributed by atoms with Crippen LogP contribution >= 0.6 is 11.6 Å². The zero-order chi connectivity index (χ0) is 20.1. The van der Waals surface area contributed by atoms with E-state index in [2.05, 4.69) is 5.32 Å². The molecule has 0 aliphatic carbocycles. The van der Waals surface area contributed by atoms with Crippen molar-refractivity contribution in [3.8, 4) is 17.2 Å². The van der Waals surface area contributed by atoms with Gasteiger partial charge < -0.3 is 24.3 Å². The van der Waals surface area contributed by atoms with Crippen molar-refractivity contribution in [2.45, 2.75) is 20.0 Å². The van der Waals surface area contributed by atoms with Gasteiger partial charge in [0.2, 0.25) is 0 Å². The summed E-state index contributed by atoms with van der Waals surface area (Å²) in [6.07, 6.45) is -0.990. The van der Waals surface area contributed by atoms with E-state index in [9.17, 15) is 9.59 Å². The minimum absolute atomic E-state index is 0.315. The lowest BCUT2D eigenvalue weighted by Gasteiger charge is -2.19. The maximum Gasteiger partial charge on any atom is 0.344 e. The SMILES string of the molecule is Cc1cc(Cl)ccc1OCC(=O)OC(C)C(=O)Nc1ccc2c(c1)OCCO2. The van der Waals surface area contributed by atoms with Crippen molar-refractivity contribution in [3.05, 3.63) is 47.0 Å². The molecule has 7 nitrogen and oxygen atoms in total. The molecule has 3 rings (SSSR count). The lowest BCUT2D eigenvalue weighted by molar-refractivity contribution is -0.155. The summed E-state index contributed by atoms with van der Waals surface area (Å²) >= 11 is 5.88. The Kier molecular flexibility index (Phi) is 6.26. The summed E-state index contributed by atoms with van der Waals surface area (Å²) in [4.78, 5) is 24.2. The molecule has 1 N–H and O–H groups in total. The van der Waals surface area contributed by atoms with E-state index in [1.807, 2.05) is 6.92 Å². The van der Waals surface area contributed by atoms with Gasteiger partial charge in [0, 0.05) is 16.8 Å². The number of amides is 1. The zero-order valence-electron chi connectivity index (χ0n) is 15.5. The summed E-state index contributed by atoms with van der Waals surface area (Å²) in [6.45, 7) is 3.92. The van der Waals surface area contributed by atoms with Gasteiger partial charge in [-0.15, -0.1) is 0 Å². The second-order valence-corrected chi connectivity index (χ2v) is 6.61. The van der Waals surface area contributed by atoms with Gasteiger partial charge >= 0.3 is 5.97 Å². The number of rotatable bonds is 6. The second kappa shape index (κ2) is 8.84. The molecular weight excluding hydrogens is 386 g/mol. The Labute approximate surface area is 167 Å². The van der Waals surface area contributed by atoms with Gasteiger partial charge in [0.25, 0.3) is 5.91 Å². The van der Waals surface area contributed by atoms with Gasteiger partial charge in [0.05, 0.1) is 0 Å². The lowest BCUT2D eigenvalue weighted by atomic mass is 10.2. The van der Waals surface area contributed by atoms with E-state index in [0.717, 1.165) is 5.56 Å². The zero-order valence-corrected chi connectivity index (χ0v) is 16.2. The summed E-state index contributed by atoms with van der Waals surface area (Å²) in [5, 5.41) is 3.26. The summed E-state index contributed by atoms with van der Waals surface area (Å²) in [6, 6.07) is 10.1. The summed E-state index contributed by atoms with van der Waals surface area (Å²) in [5.74, 6) is 0.584. The average molecular weight is 406 g/mol. The van der Waals surface area contributed by atoms with Crippen LogP contribution in [-0.4, -0.2) is 37.8 Å². The van der Waals surface area contributed by atoms with E-state index in [1.165, 1.54) is 6.92 Å². The normalized spacial score (nSPS) is 13.4. The van der Waals surface area contributed by atoms with Crippen LogP contribution in [0, 0.1) is 6.92 Å². The largest absolute Gasteiger partial charge is 0.486 e. The third-order valence-electron chi connectivity index (χ3n) is 3.97. The monoisotopic (exact) mass is 405 g/mol. The molecule has 0 spiro atoms. The summed E-state index contributed by atoms with van der Waals surface area (Å²) < 4.78 is 21.5. The Morgan fingerprint density at radius 3 is 2.64 bits per heavy atom. The number of aryl methyl sites for hydroxylation is 1. The van der Waals surface area contributed by atoms with Gasteiger partial charge in [0.1, 0.15) is 19.0 Å². The summed E-state index contributed by atoms with van der Waals surface area (Å²) in [7, 11) is 0. The van der Waals surface area contributed by atoms with E-state index in [0.29, 0.717) is 41.2 Å². The first-order valence-electron chi connectivity index (χ1n) is 8.71. The fourth-order valence-electron chi connectivity index (χ4n) is 2.56. The van der Waals surface area contributed by atoms with E-state index >= 15 is 0 Å². The number of nitrogens with one attached hydrogen (secondary N) is 1. The van der Waals surface area contributed by atoms with Gasteiger partial charge in [-0.25, -0.2) is 4.79 Å². The molecule has 1 aliphatic heterocycles. The number of anilines is 1. The Bertz CT molecular complexity index is 885. The van der Waals surface area contributed by atoms with Crippen LogP contribution in [0.1, 0.15) is 12.5 Å². The van der Waals surface area contributed by atoms with Crippen LogP contribution in [-0.2, 0) is 14.3 Å². The number of fused-ring (bicyclic) bond motifs is 1. The molecule has 1 heterocycles. The van der Waals surface area contributed by atoms with Crippen LogP contribution in [0.5, 0.6) is 17.2 Å². The van der Waals surface area contributed by atoms with Crippen LogP contribution in [0.3, 0.4) is 0 Å². The van der Waals surface area contributed by atoms with Crippen molar-refractivity contribution < 1.29 is 28.5 Å². The first kappa shape index (κ1) is 19.8. The highest BCUT2D eigenvalue weighted by Crippen LogP contribution is 2.32. The van der Waals surface area contributed by atoms with E-state index in [1.54, 1.807) is 36.4 Å². The number of ether oxygens (including phenoxy) is 4. The Morgan fingerprint density at radius 2 is 1.89 bits per heavy atom. The van der Waals surface area contributed by atoms with Gasteiger partial charge in [-0.05, 0) is 49.7 Å². The topological polar surface area (TPSA) is 83.1 Å². The predicted octanol–water partition coefficient (Wildman–Crippen LogP) is 3.37. The third-order valence-corrected chi connectivity index (χ3v) is 4.20. The highest BCUT2D eigenvalue weighted by Gasteiger charge is 2.20. The molecule has 8 heteroatoms. The number of carbonyl (C=O) groups is 2. The molecule has 1 aliphatic rings. The molecule has 28 heavy (non-hydrogen) atoms. The number of hydrogen-bond acceptors (Lipinski definition) is 6. The van der Waals surface area contributed by atoms with E-state index < -0.39 is 18.0 Å². The van der Waals surface area contributed by atoms with E-state index in [4.69, 9.17) is 30.5 Å². The molecule has 1 amide bonds. The highest BCUT2D eigenvalue weighted by atomic mass is 35.5. The Morgan fingerprint density at radius 1 is 1.14 bits per heavy atom. The minimum Gasteiger partial charge on any atom is -0.486 e. The number of esters is 1. The van der Waals surface area contributed by atoms with Gasteiger partial charge in [-0.2, -0.15) is 0 Å². The molecule has 0 saturated carbocycles. The number of benzene rings is 2. The van der Waals surface area contributed by atoms with Crippen LogP contribution in [0.4, 0.5) is 5.69 Å². The molecule has 0 saturated heterocycles. The average Bonchev–Trinajstić information content (AvgIpc) is 2.67. The number of hydrogen-bond donors (Lipinski definition) is 1. The quantitative estimate of drug-likeness (QED) is 0.742. The molecule has 1 unspecified atom stereocenters. The van der Waals surface area contributed by atoms with Crippen molar-refractivity contribution in [1.29, 1.82) is 0 Å². The van der Waals surface area contributed by atoms with Gasteiger partial charge in [-0.1, -0.05) is 11.6 Å². The van der Waals surface area contributed by atoms with Crippen molar-refractivity contribution in [1.82, 2.24) is 0 Å². The third kappa shape index (κ3) is 5.07. The van der Waals surface area contributed by atoms with E-state index in [-0.39, 0.29) is 6.61 Å². The fraction of sp³-hybridized carbons (Fsp3) is 0.300. The molecule has 1 atom stereocenters. The van der Waals surface area contributed by atoms with Crippen LogP contribution in [0.15, 0.2) is 36.4 Å². The molecule has 0 fully saturated rings. The van der Waals surface area contributed by atoms with Crippen molar-refractivity contribution in [2.24, 2.45) is 0 Å². The molecule has 2 aromatic carbocycles. The minimum atomic E-state index is -0.990. The Hall–Kier alpha value is -2.93. The standard InChI is InChI=1S/C20H20ClNO6/c1-12-9-14(21)3-5-16(12)27-11-19(23)28-13(2)20(24)22-15-4-6-17-18(10-15)26-8-7-25-17/h3-6,9-10,13H,7-8,11H2,1-2H3,(H,22,24). The Balaban J connectivity index is 1.50. The van der Waals surface area contributed by atoms with Crippen LogP contribution in [0.25, 0.3) is 0 Å². The number of carbonyl (C=O) groups excluding carboxylic acids is 2. The molecular formula is C20H20ClNO6. The fourth-order valence-corrected chi connectivity index (χ4v) is 2.79. The maximum absolute atomic E-state index is 12.3. The van der Waals surface area contributed by atoms with Gasteiger partial charge in [-0.3, -0.25) is 4.79 Å². The van der Waals surface area contributed by atoms with Crippen molar-refractivity contribution in [3.63, 3.8) is 0 Å². The van der Waals surface area contributed by atoms with Crippen molar-refractivity contribution in [2.75, 3.05) is 25.1 Å². The van der Waals surface area contributed by atoms with Crippen molar-refractivity contribution >= 4 is 29.2 Å². The summed E-state index contributed by atoms with van der Waals surface area (Å²) in [5.41, 5.74) is 1.31. The molecule has 148 valence electrons. The maximum atomic E-state index is 12.3. The molecule has 0 radical (unpaired) electrons. The number of halogens is 1. The highest BCUT2D eigenvalue weighted by molar-refractivity contribution is 6.30. The lowest BCUT2D eigenvalue weighted by Crippen LogP contribution is -2.31. The van der Waals surface area contributed by atoms with Crippen LogP contribution < -0.4 is 19.5 Å². The van der Waals surface area contributed by atoms with Crippen LogP contribution in [0.2, 0.25) is 5.02 Å². The first-order chi connectivity index (χ1) is 13.4. The predicted molar refractivity (Wildman–Crippen MR) is 103 cm³/mol. The van der Waals surface area contributed by atoms with Gasteiger partial charge in [0.15, 0.2) is 24.2 Å². The second-order valence-electron chi connectivity index (χ2n) is 6.18. The molecule has 0 aromatic heterocycles. The first-order valence-corrected chi connectivity index (χ1v) is 9.09. The smallest absolute Gasteiger partial charge is 0.344 e.